The van der Waals surface area contributed by atoms with Crippen molar-refractivity contribution in [3.05, 3.63) is 41.5 Å². The van der Waals surface area contributed by atoms with Crippen LogP contribution in [-0.2, 0) is 22.6 Å². The van der Waals surface area contributed by atoms with E-state index in [9.17, 15) is 22.8 Å². The molecule has 0 spiro atoms. The Labute approximate surface area is 170 Å². The minimum atomic E-state index is -1.60. The number of nitrogens with one attached hydrogen (secondary N) is 1. The predicted molar refractivity (Wildman–Crippen MR) is 100 cm³/mol. The van der Waals surface area contributed by atoms with Gasteiger partial charge < -0.3 is 19.9 Å². The molecule has 1 aromatic carbocycles. The van der Waals surface area contributed by atoms with E-state index in [1.807, 2.05) is 0 Å². The molecule has 3 amide bonds. The first-order chi connectivity index (χ1) is 14.3. The summed E-state index contributed by atoms with van der Waals surface area (Å²) in [6.07, 6.45) is 1.64. The molecule has 11 heteroatoms. The van der Waals surface area contributed by atoms with Gasteiger partial charge in [0.25, 0.3) is 0 Å². The third-order valence-corrected chi connectivity index (χ3v) is 5.43. The average Bonchev–Trinajstić information content (AvgIpc) is 3.27. The van der Waals surface area contributed by atoms with Crippen molar-refractivity contribution in [2.24, 2.45) is 0 Å². The Morgan fingerprint density at radius 1 is 1.23 bits per heavy atom. The van der Waals surface area contributed by atoms with Gasteiger partial charge in [-0.3, -0.25) is 9.48 Å². The molecule has 0 aliphatic carbocycles. The molecule has 0 bridgehead atoms. The highest BCUT2D eigenvalue weighted by molar-refractivity contribution is 5.96. The second-order valence-corrected chi connectivity index (χ2v) is 7.39. The number of carbonyl (C=O) groups excluding carboxylic acids is 2. The van der Waals surface area contributed by atoms with E-state index in [0.29, 0.717) is 36.6 Å². The fourth-order valence-corrected chi connectivity index (χ4v) is 3.77. The highest BCUT2D eigenvalue weighted by atomic mass is 19.2. The van der Waals surface area contributed by atoms with Gasteiger partial charge in [-0.1, -0.05) is 0 Å². The lowest BCUT2D eigenvalue weighted by molar-refractivity contribution is -0.117. The fraction of sp³-hybridized carbons (Fsp3) is 0.421. The van der Waals surface area contributed by atoms with Crippen LogP contribution in [0.15, 0.2) is 18.3 Å². The van der Waals surface area contributed by atoms with Gasteiger partial charge in [0, 0.05) is 24.9 Å². The smallest absolute Gasteiger partial charge is 0.322 e. The van der Waals surface area contributed by atoms with Gasteiger partial charge in [0.2, 0.25) is 5.91 Å². The summed E-state index contributed by atoms with van der Waals surface area (Å²) in [7, 11) is 1.55. The number of nitrogens with zero attached hydrogens (tertiary/aromatic N) is 4. The van der Waals surface area contributed by atoms with Crippen molar-refractivity contribution in [2.75, 3.05) is 23.9 Å². The van der Waals surface area contributed by atoms with Crippen LogP contribution in [0, 0.1) is 17.5 Å². The molecule has 2 aliphatic rings. The van der Waals surface area contributed by atoms with Gasteiger partial charge in [0.1, 0.15) is 0 Å². The van der Waals surface area contributed by atoms with E-state index < -0.39 is 23.5 Å². The number of urea groups is 1. The number of carbonyl (C=O) groups is 2. The van der Waals surface area contributed by atoms with Gasteiger partial charge in [0.15, 0.2) is 17.5 Å². The number of ether oxygens (including phenoxy) is 1. The lowest BCUT2D eigenvalue weighted by atomic mass is 10.2. The summed E-state index contributed by atoms with van der Waals surface area (Å²) in [5.41, 5.74) is 1.08. The summed E-state index contributed by atoms with van der Waals surface area (Å²) in [5.74, 6) is -4.47. The zero-order valence-corrected chi connectivity index (χ0v) is 16.4. The summed E-state index contributed by atoms with van der Waals surface area (Å²) in [6, 6.07) is 0.554. The van der Waals surface area contributed by atoms with Gasteiger partial charge in [-0.05, 0) is 6.92 Å². The van der Waals surface area contributed by atoms with Gasteiger partial charge in [-0.2, -0.15) is 5.10 Å². The molecule has 30 heavy (non-hydrogen) atoms. The van der Waals surface area contributed by atoms with Crippen LogP contribution in [0.3, 0.4) is 0 Å². The van der Waals surface area contributed by atoms with Crippen molar-refractivity contribution in [1.82, 2.24) is 14.7 Å². The van der Waals surface area contributed by atoms with E-state index in [-0.39, 0.29) is 36.7 Å². The zero-order valence-electron chi connectivity index (χ0n) is 16.4. The van der Waals surface area contributed by atoms with Crippen LogP contribution < -0.4 is 10.2 Å². The Balaban J connectivity index is 1.55. The quantitative estimate of drug-likeness (QED) is 0.770. The third kappa shape index (κ3) is 3.49. The molecule has 2 aliphatic heterocycles. The molecule has 2 aromatic rings. The number of rotatable bonds is 3. The van der Waals surface area contributed by atoms with E-state index in [4.69, 9.17) is 4.74 Å². The van der Waals surface area contributed by atoms with E-state index in [0.717, 1.165) is 0 Å². The average molecular weight is 423 g/mol. The molecule has 1 N–H and O–H groups in total. The number of aromatic nitrogens is 2. The zero-order chi connectivity index (χ0) is 21.6. The lowest BCUT2D eigenvalue weighted by Crippen LogP contribution is -2.47. The minimum absolute atomic E-state index is 0.0930. The minimum Gasteiger partial charge on any atom is -0.379 e. The number of methoxy groups -OCH3 is 1. The molecule has 1 saturated heterocycles. The molecule has 1 aromatic heterocycles. The number of halogens is 3. The summed E-state index contributed by atoms with van der Waals surface area (Å²) in [4.78, 5) is 28.2. The standard InChI is InChI=1S/C19H20F3N5O3/c1-10-7-27-16(15(6-23-27)26-8-12(30-2)5-17(26)28)9-25(10)19(29)24-11-3-13(20)18(22)14(21)4-11/h3-4,6,10,12H,5,7-9H2,1-2H3,(H,24,29)/t10-,12+/m0/s1. The van der Waals surface area contributed by atoms with E-state index in [1.54, 1.807) is 29.8 Å². The lowest BCUT2D eigenvalue weighted by Gasteiger charge is -2.35. The Hall–Kier alpha value is -3.08. The number of hydrogen-bond donors (Lipinski definition) is 1. The van der Waals surface area contributed by atoms with Crippen LogP contribution in [0.1, 0.15) is 19.0 Å². The van der Waals surface area contributed by atoms with Gasteiger partial charge >= 0.3 is 6.03 Å². The van der Waals surface area contributed by atoms with Crippen molar-refractivity contribution in [3.8, 4) is 0 Å². The highest BCUT2D eigenvalue weighted by Crippen LogP contribution is 2.31. The molecule has 4 rings (SSSR count). The third-order valence-electron chi connectivity index (χ3n) is 5.43. The number of amides is 3. The summed E-state index contributed by atoms with van der Waals surface area (Å²) < 4.78 is 47.0. The van der Waals surface area contributed by atoms with E-state index >= 15 is 0 Å². The van der Waals surface area contributed by atoms with Crippen LogP contribution >= 0.6 is 0 Å². The molecular weight excluding hydrogens is 403 g/mol. The summed E-state index contributed by atoms with van der Waals surface area (Å²) in [5, 5.41) is 6.73. The van der Waals surface area contributed by atoms with Gasteiger partial charge in [-0.15, -0.1) is 0 Å². The van der Waals surface area contributed by atoms with Crippen molar-refractivity contribution in [3.63, 3.8) is 0 Å². The molecule has 3 heterocycles. The second-order valence-electron chi connectivity index (χ2n) is 7.39. The molecule has 0 saturated carbocycles. The van der Waals surface area contributed by atoms with Crippen LogP contribution in [0.4, 0.5) is 29.3 Å². The molecular formula is C19H20F3N5O3. The molecule has 0 radical (unpaired) electrons. The normalized spacial score (nSPS) is 21.2. The predicted octanol–water partition coefficient (Wildman–Crippen LogP) is 2.49. The molecule has 160 valence electrons. The van der Waals surface area contributed by atoms with Crippen LogP contribution in [0.2, 0.25) is 0 Å². The maximum Gasteiger partial charge on any atom is 0.322 e. The SMILES string of the molecule is CO[C@@H]1CC(=O)N(c2cnn3c2CN(C(=O)Nc2cc(F)c(F)c(F)c2)[C@@H](C)C3)C1. The van der Waals surface area contributed by atoms with Crippen molar-refractivity contribution in [2.45, 2.75) is 38.6 Å². The highest BCUT2D eigenvalue weighted by Gasteiger charge is 2.36. The molecule has 8 nitrogen and oxygen atoms in total. The van der Waals surface area contributed by atoms with E-state index in [2.05, 4.69) is 10.4 Å². The Morgan fingerprint density at radius 3 is 2.57 bits per heavy atom. The maximum absolute atomic E-state index is 13.4. The second kappa shape index (κ2) is 7.63. The Morgan fingerprint density at radius 2 is 1.93 bits per heavy atom. The topological polar surface area (TPSA) is 79.7 Å². The largest absolute Gasteiger partial charge is 0.379 e. The van der Waals surface area contributed by atoms with Gasteiger partial charge in [-0.25, -0.2) is 18.0 Å². The molecule has 0 unspecified atom stereocenters. The molecule has 1 fully saturated rings. The van der Waals surface area contributed by atoms with Gasteiger partial charge in [0.05, 0.1) is 55.8 Å². The Bertz CT molecular complexity index is 988. The molecule has 2 atom stereocenters. The maximum atomic E-state index is 13.4. The number of fused-ring (bicyclic) bond motifs is 1. The number of benzene rings is 1. The van der Waals surface area contributed by atoms with Crippen molar-refractivity contribution >= 4 is 23.3 Å². The van der Waals surface area contributed by atoms with Crippen LogP contribution in [0.5, 0.6) is 0 Å². The fourth-order valence-electron chi connectivity index (χ4n) is 3.77. The first-order valence-electron chi connectivity index (χ1n) is 9.38. The van der Waals surface area contributed by atoms with Crippen LogP contribution in [-0.4, -0.2) is 52.4 Å². The van der Waals surface area contributed by atoms with Crippen molar-refractivity contribution < 1.29 is 27.5 Å². The Kier molecular flexibility index (Phi) is 5.14. The summed E-state index contributed by atoms with van der Waals surface area (Å²) >= 11 is 0. The van der Waals surface area contributed by atoms with Crippen LogP contribution in [0.25, 0.3) is 0 Å². The monoisotopic (exact) mass is 423 g/mol. The first-order valence-corrected chi connectivity index (χ1v) is 9.38. The van der Waals surface area contributed by atoms with E-state index in [1.165, 1.54) is 4.90 Å². The first kappa shape index (κ1) is 20.2. The van der Waals surface area contributed by atoms with Crippen molar-refractivity contribution in [1.29, 1.82) is 0 Å². The number of hydrogen-bond acceptors (Lipinski definition) is 4. The number of anilines is 2. The summed E-state index contributed by atoms with van der Waals surface area (Å²) in [6.45, 7) is 2.71.